The Bertz CT molecular complexity index is 1200. The van der Waals surface area contributed by atoms with Crippen molar-refractivity contribution in [3.8, 4) is 0 Å². The standard InChI is InChI=1S/C16H11FN6O2/c1-23-14-3-2-8(4-13(14)21-22-23)15(24)20-12-5-9-11(6-10(12)17)18-7-19-16(9)25/h2-7H,1H3,(H,20,24)(H,18,19,25). The first-order chi connectivity index (χ1) is 12.0. The zero-order valence-electron chi connectivity index (χ0n) is 12.9. The molecule has 2 heterocycles. The van der Waals surface area contributed by atoms with Gasteiger partial charge in [-0.2, -0.15) is 0 Å². The molecule has 4 aromatic rings. The zero-order valence-corrected chi connectivity index (χ0v) is 12.9. The third kappa shape index (κ3) is 2.51. The summed E-state index contributed by atoms with van der Waals surface area (Å²) in [5.74, 6) is -1.20. The van der Waals surface area contributed by atoms with Crippen LogP contribution in [0, 0.1) is 5.82 Å². The number of anilines is 1. The van der Waals surface area contributed by atoms with Crippen LogP contribution in [0.2, 0.25) is 0 Å². The molecule has 0 unspecified atom stereocenters. The molecule has 0 aliphatic heterocycles. The van der Waals surface area contributed by atoms with Crippen molar-refractivity contribution in [2.75, 3.05) is 5.32 Å². The van der Waals surface area contributed by atoms with Crippen molar-refractivity contribution in [1.82, 2.24) is 25.0 Å². The Hall–Kier alpha value is -3.62. The summed E-state index contributed by atoms with van der Waals surface area (Å²) in [7, 11) is 1.74. The van der Waals surface area contributed by atoms with Crippen LogP contribution in [0.25, 0.3) is 21.9 Å². The Kier molecular flexibility index (Phi) is 3.27. The number of fused-ring (bicyclic) bond motifs is 2. The van der Waals surface area contributed by atoms with Gasteiger partial charge in [0.2, 0.25) is 0 Å². The molecule has 2 aromatic heterocycles. The quantitative estimate of drug-likeness (QED) is 0.577. The highest BCUT2D eigenvalue weighted by Crippen LogP contribution is 2.20. The molecule has 2 N–H and O–H groups in total. The number of aryl methyl sites for hydroxylation is 1. The van der Waals surface area contributed by atoms with Gasteiger partial charge < -0.3 is 10.3 Å². The second-order valence-electron chi connectivity index (χ2n) is 5.45. The monoisotopic (exact) mass is 338 g/mol. The molecule has 124 valence electrons. The third-order valence-corrected chi connectivity index (χ3v) is 3.85. The molecule has 0 aliphatic carbocycles. The van der Waals surface area contributed by atoms with Crippen molar-refractivity contribution in [2.45, 2.75) is 0 Å². The van der Waals surface area contributed by atoms with Gasteiger partial charge in [-0.15, -0.1) is 5.10 Å². The van der Waals surface area contributed by atoms with E-state index >= 15 is 0 Å². The van der Waals surface area contributed by atoms with Crippen LogP contribution in [0.1, 0.15) is 10.4 Å². The van der Waals surface area contributed by atoms with E-state index in [0.29, 0.717) is 11.1 Å². The maximum absolute atomic E-state index is 14.2. The highest BCUT2D eigenvalue weighted by Gasteiger charge is 2.13. The summed E-state index contributed by atoms with van der Waals surface area (Å²) in [5, 5.41) is 10.5. The van der Waals surface area contributed by atoms with Gasteiger partial charge in [0, 0.05) is 18.7 Å². The molecule has 0 aliphatic rings. The van der Waals surface area contributed by atoms with E-state index in [1.165, 1.54) is 12.4 Å². The summed E-state index contributed by atoms with van der Waals surface area (Å²) in [4.78, 5) is 30.5. The fraction of sp³-hybridized carbons (Fsp3) is 0.0625. The Labute approximate surface area is 139 Å². The number of carbonyl (C=O) groups excluding carboxylic acids is 1. The van der Waals surface area contributed by atoms with Gasteiger partial charge in [0.05, 0.1) is 28.4 Å². The van der Waals surface area contributed by atoms with Crippen molar-refractivity contribution >= 4 is 33.5 Å². The largest absolute Gasteiger partial charge is 0.319 e. The summed E-state index contributed by atoms with van der Waals surface area (Å²) in [5.41, 5.74) is 1.31. The van der Waals surface area contributed by atoms with E-state index in [1.54, 1.807) is 29.9 Å². The molecule has 8 nitrogen and oxygen atoms in total. The average Bonchev–Trinajstić information content (AvgIpc) is 2.97. The Morgan fingerprint density at radius 1 is 1.24 bits per heavy atom. The van der Waals surface area contributed by atoms with Crippen LogP contribution in [-0.2, 0) is 7.05 Å². The molecule has 25 heavy (non-hydrogen) atoms. The van der Waals surface area contributed by atoms with E-state index in [1.807, 2.05) is 0 Å². The van der Waals surface area contributed by atoms with E-state index in [2.05, 4.69) is 25.6 Å². The van der Waals surface area contributed by atoms with Crippen LogP contribution >= 0.6 is 0 Å². The molecule has 9 heteroatoms. The van der Waals surface area contributed by atoms with Gasteiger partial charge in [0.1, 0.15) is 11.3 Å². The Balaban J connectivity index is 1.72. The maximum atomic E-state index is 14.2. The fourth-order valence-electron chi connectivity index (χ4n) is 2.56. The van der Waals surface area contributed by atoms with Gasteiger partial charge in [0.25, 0.3) is 11.5 Å². The number of H-pyrrole nitrogens is 1. The normalized spacial score (nSPS) is 11.1. The summed E-state index contributed by atoms with van der Waals surface area (Å²) in [6, 6.07) is 7.22. The number of amides is 1. The van der Waals surface area contributed by atoms with Crippen LogP contribution in [0.4, 0.5) is 10.1 Å². The molecule has 0 spiro atoms. The zero-order chi connectivity index (χ0) is 17.6. The highest BCUT2D eigenvalue weighted by molar-refractivity contribution is 6.06. The Morgan fingerprint density at radius 2 is 2.08 bits per heavy atom. The predicted molar refractivity (Wildman–Crippen MR) is 88.8 cm³/mol. The SMILES string of the molecule is Cn1nnc2cc(C(=O)Nc3cc4c(=O)[nH]cnc4cc3F)ccc21. The first kappa shape index (κ1) is 14.9. The summed E-state index contributed by atoms with van der Waals surface area (Å²) in [6.45, 7) is 0. The molecule has 0 atom stereocenters. The lowest BCUT2D eigenvalue weighted by atomic mass is 10.1. The van der Waals surface area contributed by atoms with Gasteiger partial charge in [0.15, 0.2) is 0 Å². The van der Waals surface area contributed by atoms with Crippen molar-refractivity contribution in [1.29, 1.82) is 0 Å². The van der Waals surface area contributed by atoms with E-state index in [0.717, 1.165) is 11.6 Å². The van der Waals surface area contributed by atoms with Crippen molar-refractivity contribution in [2.24, 2.45) is 7.05 Å². The fourth-order valence-corrected chi connectivity index (χ4v) is 2.56. The van der Waals surface area contributed by atoms with Crippen LogP contribution in [0.5, 0.6) is 0 Å². The molecule has 4 rings (SSSR count). The van der Waals surface area contributed by atoms with Crippen molar-refractivity contribution in [3.05, 3.63) is 58.4 Å². The molecule has 0 saturated carbocycles. The molecule has 0 saturated heterocycles. The second-order valence-corrected chi connectivity index (χ2v) is 5.45. The predicted octanol–water partition coefficient (Wildman–Crippen LogP) is 1.60. The number of nitrogens with zero attached hydrogens (tertiary/aromatic N) is 4. The second kappa shape index (κ2) is 5.48. The van der Waals surface area contributed by atoms with Crippen molar-refractivity contribution in [3.63, 3.8) is 0 Å². The van der Waals surface area contributed by atoms with E-state index in [-0.39, 0.29) is 16.6 Å². The van der Waals surface area contributed by atoms with Crippen LogP contribution < -0.4 is 10.9 Å². The minimum atomic E-state index is -0.681. The topological polar surface area (TPSA) is 106 Å². The number of aromatic nitrogens is 5. The Morgan fingerprint density at radius 3 is 2.92 bits per heavy atom. The summed E-state index contributed by atoms with van der Waals surface area (Å²) >= 11 is 0. The van der Waals surface area contributed by atoms with E-state index in [9.17, 15) is 14.0 Å². The molecule has 0 fully saturated rings. The number of hydrogen-bond donors (Lipinski definition) is 2. The minimum absolute atomic E-state index is 0.102. The van der Waals surface area contributed by atoms with E-state index in [4.69, 9.17) is 0 Å². The minimum Gasteiger partial charge on any atom is -0.319 e. The maximum Gasteiger partial charge on any atom is 0.258 e. The van der Waals surface area contributed by atoms with Crippen molar-refractivity contribution < 1.29 is 9.18 Å². The lowest BCUT2D eigenvalue weighted by Gasteiger charge is -2.07. The number of halogens is 1. The lowest BCUT2D eigenvalue weighted by Crippen LogP contribution is -2.14. The first-order valence-corrected chi connectivity index (χ1v) is 7.30. The van der Waals surface area contributed by atoms with Gasteiger partial charge in [-0.1, -0.05) is 5.21 Å². The molecular weight excluding hydrogens is 327 g/mol. The van der Waals surface area contributed by atoms with Gasteiger partial charge >= 0.3 is 0 Å². The van der Waals surface area contributed by atoms with Gasteiger partial charge in [-0.3, -0.25) is 9.59 Å². The highest BCUT2D eigenvalue weighted by atomic mass is 19.1. The number of aromatic amines is 1. The number of carbonyl (C=O) groups is 1. The lowest BCUT2D eigenvalue weighted by molar-refractivity contribution is 0.102. The van der Waals surface area contributed by atoms with E-state index < -0.39 is 17.3 Å². The third-order valence-electron chi connectivity index (χ3n) is 3.85. The number of benzene rings is 2. The number of rotatable bonds is 2. The van der Waals surface area contributed by atoms with Gasteiger partial charge in [-0.05, 0) is 24.3 Å². The van der Waals surface area contributed by atoms with Crippen LogP contribution in [-0.4, -0.2) is 30.9 Å². The molecular formula is C16H11FN6O2. The molecule has 2 aromatic carbocycles. The summed E-state index contributed by atoms with van der Waals surface area (Å²) < 4.78 is 15.8. The number of nitrogens with one attached hydrogen (secondary N) is 2. The van der Waals surface area contributed by atoms with Crippen LogP contribution in [0.15, 0.2) is 41.5 Å². The molecule has 0 bridgehead atoms. The van der Waals surface area contributed by atoms with Gasteiger partial charge in [-0.25, -0.2) is 14.1 Å². The summed E-state index contributed by atoms with van der Waals surface area (Å²) in [6.07, 6.45) is 1.19. The average molecular weight is 338 g/mol. The molecule has 0 radical (unpaired) electrons. The van der Waals surface area contributed by atoms with Crippen LogP contribution in [0.3, 0.4) is 0 Å². The first-order valence-electron chi connectivity index (χ1n) is 7.30. The number of hydrogen-bond acceptors (Lipinski definition) is 5. The molecule has 1 amide bonds. The smallest absolute Gasteiger partial charge is 0.258 e.